The van der Waals surface area contributed by atoms with Gasteiger partial charge in [0.05, 0.1) is 0 Å². The molecule has 0 radical (unpaired) electrons. The Morgan fingerprint density at radius 2 is 1.44 bits per heavy atom. The molecule has 0 heterocycles. The molecule has 0 amide bonds. The fourth-order valence-electron chi connectivity index (χ4n) is 3.78. The SMILES string of the molecule is Cc1cccc(Cc2cc(C(C)(C)C)ccc2N(C)C)c1C(C)(C)C. The first-order chi connectivity index (χ1) is 11.4. The third kappa shape index (κ3) is 4.45. The van der Waals surface area contributed by atoms with Gasteiger partial charge in [-0.25, -0.2) is 0 Å². The lowest BCUT2D eigenvalue weighted by Crippen LogP contribution is -2.18. The van der Waals surface area contributed by atoms with Gasteiger partial charge in [0.1, 0.15) is 0 Å². The van der Waals surface area contributed by atoms with E-state index in [1.54, 1.807) is 0 Å². The molecule has 0 fully saturated rings. The standard InChI is InChI=1S/C24H35N/c1-17-11-10-12-18(22(17)24(5,6)7)15-19-16-20(23(2,3)4)13-14-21(19)25(8)9/h10-14,16H,15H2,1-9H3. The van der Waals surface area contributed by atoms with Crippen molar-refractivity contribution in [3.05, 3.63) is 64.2 Å². The Kier molecular flexibility index (Phi) is 5.37. The fourth-order valence-corrected chi connectivity index (χ4v) is 3.78. The van der Waals surface area contributed by atoms with Gasteiger partial charge in [-0.2, -0.15) is 0 Å². The molecule has 136 valence electrons. The minimum Gasteiger partial charge on any atom is -0.377 e. The van der Waals surface area contributed by atoms with Gasteiger partial charge in [0.15, 0.2) is 0 Å². The summed E-state index contributed by atoms with van der Waals surface area (Å²) in [6.07, 6.45) is 0.978. The van der Waals surface area contributed by atoms with Crippen LogP contribution in [0.5, 0.6) is 0 Å². The van der Waals surface area contributed by atoms with E-state index in [2.05, 4.69) is 104 Å². The lowest BCUT2D eigenvalue weighted by Gasteiger charge is -2.28. The number of anilines is 1. The van der Waals surface area contributed by atoms with Crippen LogP contribution in [0.4, 0.5) is 5.69 Å². The third-order valence-corrected chi connectivity index (χ3v) is 4.92. The molecule has 0 bridgehead atoms. The van der Waals surface area contributed by atoms with Crippen LogP contribution in [0, 0.1) is 6.92 Å². The monoisotopic (exact) mass is 337 g/mol. The van der Waals surface area contributed by atoms with Crippen LogP contribution < -0.4 is 4.90 Å². The number of benzene rings is 2. The molecule has 0 atom stereocenters. The predicted octanol–water partition coefficient (Wildman–Crippen LogP) is 6.25. The van der Waals surface area contributed by atoms with Gasteiger partial charge < -0.3 is 4.90 Å². The first-order valence-electron chi connectivity index (χ1n) is 9.31. The topological polar surface area (TPSA) is 3.24 Å². The summed E-state index contributed by atoms with van der Waals surface area (Å²) in [5.74, 6) is 0. The molecule has 0 unspecified atom stereocenters. The van der Waals surface area contributed by atoms with E-state index < -0.39 is 0 Å². The minimum absolute atomic E-state index is 0.153. The molecular weight excluding hydrogens is 302 g/mol. The average molecular weight is 338 g/mol. The zero-order valence-corrected chi connectivity index (χ0v) is 17.6. The average Bonchev–Trinajstić information content (AvgIpc) is 2.44. The molecular formula is C24H35N. The van der Waals surface area contributed by atoms with E-state index in [0.717, 1.165) is 6.42 Å². The molecule has 0 spiro atoms. The van der Waals surface area contributed by atoms with Crippen molar-refractivity contribution in [2.75, 3.05) is 19.0 Å². The van der Waals surface area contributed by atoms with Crippen LogP contribution >= 0.6 is 0 Å². The molecule has 0 N–H and O–H groups in total. The van der Waals surface area contributed by atoms with Gasteiger partial charge >= 0.3 is 0 Å². The molecule has 25 heavy (non-hydrogen) atoms. The van der Waals surface area contributed by atoms with E-state index in [9.17, 15) is 0 Å². The second kappa shape index (κ2) is 6.86. The van der Waals surface area contributed by atoms with Crippen LogP contribution in [0.2, 0.25) is 0 Å². The van der Waals surface area contributed by atoms with E-state index in [-0.39, 0.29) is 10.8 Å². The summed E-state index contributed by atoms with van der Waals surface area (Å²) in [7, 11) is 4.27. The smallest absolute Gasteiger partial charge is 0.0397 e. The highest BCUT2D eigenvalue weighted by Gasteiger charge is 2.22. The number of hydrogen-bond acceptors (Lipinski definition) is 1. The second-order valence-electron chi connectivity index (χ2n) is 9.52. The maximum atomic E-state index is 2.41. The van der Waals surface area contributed by atoms with E-state index in [1.165, 1.54) is 33.5 Å². The summed E-state index contributed by atoms with van der Waals surface area (Å²) in [6, 6.07) is 13.7. The fraction of sp³-hybridized carbons (Fsp3) is 0.500. The molecule has 2 aromatic carbocycles. The summed E-state index contributed by atoms with van der Waals surface area (Å²) in [5.41, 5.74) is 8.77. The second-order valence-corrected chi connectivity index (χ2v) is 9.52. The Morgan fingerprint density at radius 1 is 0.800 bits per heavy atom. The van der Waals surface area contributed by atoms with Crippen molar-refractivity contribution in [2.45, 2.75) is 65.7 Å². The van der Waals surface area contributed by atoms with Crippen LogP contribution in [0.3, 0.4) is 0 Å². The highest BCUT2D eigenvalue weighted by Crippen LogP contribution is 2.34. The molecule has 0 aliphatic heterocycles. The Labute approximate surface area is 155 Å². The quantitative estimate of drug-likeness (QED) is 0.640. The van der Waals surface area contributed by atoms with Crippen molar-refractivity contribution in [1.82, 2.24) is 0 Å². The van der Waals surface area contributed by atoms with Crippen LogP contribution in [0.1, 0.15) is 69.4 Å². The van der Waals surface area contributed by atoms with E-state index in [0.29, 0.717) is 0 Å². The molecule has 0 aliphatic rings. The van der Waals surface area contributed by atoms with Gasteiger partial charge in [0.2, 0.25) is 0 Å². The Morgan fingerprint density at radius 3 is 1.96 bits per heavy atom. The van der Waals surface area contributed by atoms with Crippen molar-refractivity contribution in [2.24, 2.45) is 0 Å². The van der Waals surface area contributed by atoms with Gasteiger partial charge in [-0.05, 0) is 58.1 Å². The zero-order valence-electron chi connectivity index (χ0n) is 17.6. The van der Waals surface area contributed by atoms with E-state index in [4.69, 9.17) is 0 Å². The van der Waals surface area contributed by atoms with Crippen molar-refractivity contribution < 1.29 is 0 Å². The van der Waals surface area contributed by atoms with Crippen molar-refractivity contribution in [3.8, 4) is 0 Å². The minimum atomic E-state index is 0.153. The zero-order chi connectivity index (χ0) is 19.0. The summed E-state index contributed by atoms with van der Waals surface area (Å²) in [4.78, 5) is 2.23. The highest BCUT2D eigenvalue weighted by atomic mass is 15.1. The predicted molar refractivity (Wildman–Crippen MR) is 112 cm³/mol. The summed E-state index contributed by atoms with van der Waals surface area (Å²) in [6.45, 7) is 16.0. The molecule has 0 aliphatic carbocycles. The maximum absolute atomic E-state index is 2.41. The number of rotatable bonds is 3. The highest BCUT2D eigenvalue weighted by molar-refractivity contribution is 5.57. The largest absolute Gasteiger partial charge is 0.377 e. The Hall–Kier alpha value is -1.76. The lowest BCUT2D eigenvalue weighted by molar-refractivity contribution is 0.579. The Balaban J connectivity index is 2.59. The van der Waals surface area contributed by atoms with Gasteiger partial charge in [-0.1, -0.05) is 71.9 Å². The van der Waals surface area contributed by atoms with Crippen LogP contribution in [0.25, 0.3) is 0 Å². The van der Waals surface area contributed by atoms with Gasteiger partial charge in [-0.15, -0.1) is 0 Å². The van der Waals surface area contributed by atoms with Crippen LogP contribution in [0.15, 0.2) is 36.4 Å². The molecule has 1 nitrogen and oxygen atoms in total. The maximum Gasteiger partial charge on any atom is 0.0397 e. The summed E-state index contributed by atoms with van der Waals surface area (Å²) >= 11 is 0. The normalized spacial score (nSPS) is 12.4. The number of aryl methyl sites for hydroxylation is 1. The van der Waals surface area contributed by atoms with Gasteiger partial charge in [-0.3, -0.25) is 0 Å². The van der Waals surface area contributed by atoms with E-state index >= 15 is 0 Å². The molecule has 0 saturated carbocycles. The molecule has 0 aromatic heterocycles. The molecule has 2 aromatic rings. The van der Waals surface area contributed by atoms with Crippen molar-refractivity contribution in [3.63, 3.8) is 0 Å². The van der Waals surface area contributed by atoms with Crippen molar-refractivity contribution in [1.29, 1.82) is 0 Å². The lowest BCUT2D eigenvalue weighted by atomic mass is 9.79. The summed E-state index contributed by atoms with van der Waals surface area (Å²) in [5, 5.41) is 0. The molecule has 2 rings (SSSR count). The first kappa shape index (κ1) is 19.6. The Bertz CT molecular complexity index is 740. The summed E-state index contributed by atoms with van der Waals surface area (Å²) < 4.78 is 0. The third-order valence-electron chi connectivity index (χ3n) is 4.92. The number of hydrogen-bond donors (Lipinski definition) is 0. The van der Waals surface area contributed by atoms with E-state index in [1.807, 2.05) is 0 Å². The van der Waals surface area contributed by atoms with Gasteiger partial charge in [0.25, 0.3) is 0 Å². The number of nitrogens with zero attached hydrogens (tertiary/aromatic N) is 1. The first-order valence-corrected chi connectivity index (χ1v) is 9.31. The molecule has 1 heteroatoms. The molecule has 0 saturated heterocycles. The van der Waals surface area contributed by atoms with Crippen molar-refractivity contribution >= 4 is 5.69 Å². The van der Waals surface area contributed by atoms with Gasteiger partial charge in [0, 0.05) is 19.8 Å². The van der Waals surface area contributed by atoms with Crippen LogP contribution in [-0.2, 0) is 17.3 Å². The van der Waals surface area contributed by atoms with Crippen LogP contribution in [-0.4, -0.2) is 14.1 Å².